The minimum atomic E-state index is 0.965. The van der Waals surface area contributed by atoms with Gasteiger partial charge in [-0.25, -0.2) is 9.97 Å². The van der Waals surface area contributed by atoms with Crippen LogP contribution in [0.5, 0.6) is 0 Å². The van der Waals surface area contributed by atoms with E-state index in [9.17, 15) is 0 Å². The molecule has 0 aliphatic heterocycles. The van der Waals surface area contributed by atoms with Gasteiger partial charge in [-0.1, -0.05) is 42.5 Å². The second-order valence-electron chi connectivity index (χ2n) is 5.60. The molecule has 0 fully saturated rings. The molecule has 0 N–H and O–H groups in total. The topological polar surface area (TPSA) is 30.2 Å². The van der Waals surface area contributed by atoms with Crippen LogP contribution in [-0.4, -0.2) is 14.4 Å². The zero-order valence-corrected chi connectivity index (χ0v) is 12.1. The molecule has 0 saturated carbocycles. The van der Waals surface area contributed by atoms with E-state index in [0.29, 0.717) is 0 Å². The summed E-state index contributed by atoms with van der Waals surface area (Å²) in [7, 11) is 0. The molecular formula is C19H13N3. The molecule has 2 heterocycles. The maximum absolute atomic E-state index is 4.88. The molecular weight excluding hydrogens is 270 g/mol. The van der Waals surface area contributed by atoms with Gasteiger partial charge in [-0.2, -0.15) is 0 Å². The summed E-state index contributed by atoms with van der Waals surface area (Å²) < 4.78 is 2.15. The van der Waals surface area contributed by atoms with Gasteiger partial charge >= 0.3 is 0 Å². The molecule has 0 bridgehead atoms. The number of aromatic nitrogens is 3. The summed E-state index contributed by atoms with van der Waals surface area (Å²) in [6, 6.07) is 20.9. The summed E-state index contributed by atoms with van der Waals surface area (Å²) in [6.45, 7) is 2.04. The van der Waals surface area contributed by atoms with E-state index in [1.54, 1.807) is 0 Å². The number of para-hydroxylation sites is 2. The molecule has 2 aromatic heterocycles. The van der Waals surface area contributed by atoms with Crippen LogP contribution >= 0.6 is 0 Å². The van der Waals surface area contributed by atoms with Crippen LogP contribution in [0.25, 0.3) is 38.4 Å². The lowest BCUT2D eigenvalue weighted by Crippen LogP contribution is -1.97. The van der Waals surface area contributed by atoms with Crippen molar-refractivity contribution in [2.24, 2.45) is 0 Å². The summed E-state index contributed by atoms with van der Waals surface area (Å²) >= 11 is 0. The van der Waals surface area contributed by atoms with E-state index >= 15 is 0 Å². The predicted molar refractivity (Wildman–Crippen MR) is 90.2 cm³/mol. The van der Waals surface area contributed by atoms with Crippen LogP contribution in [0.1, 0.15) is 5.82 Å². The molecule has 0 atom stereocenters. The number of hydrogen-bond acceptors (Lipinski definition) is 2. The summed E-state index contributed by atoms with van der Waals surface area (Å²) in [5, 5.41) is 3.49. The van der Waals surface area contributed by atoms with E-state index in [-0.39, 0.29) is 0 Å². The van der Waals surface area contributed by atoms with E-state index in [1.807, 2.05) is 19.1 Å². The molecule has 0 radical (unpaired) electrons. The smallest absolute Gasteiger partial charge is 0.148 e. The highest BCUT2D eigenvalue weighted by Crippen LogP contribution is 2.29. The number of fused-ring (bicyclic) bond motifs is 7. The number of rotatable bonds is 0. The number of aryl methyl sites for hydroxylation is 1. The standard InChI is InChI=1S/C19H13N3/c1-12-20-18-14-7-3-2-6-13(14)10-11-15(18)19-21-16-8-4-5-9-17(16)22(12)19/h2-11H,1H3. The fraction of sp³-hybridized carbons (Fsp3) is 0.0526. The first-order chi connectivity index (χ1) is 10.8. The fourth-order valence-corrected chi connectivity index (χ4v) is 3.30. The summed E-state index contributed by atoms with van der Waals surface area (Å²) in [5.41, 5.74) is 4.12. The van der Waals surface area contributed by atoms with Crippen LogP contribution in [-0.2, 0) is 0 Å². The van der Waals surface area contributed by atoms with Crippen molar-refractivity contribution in [3.63, 3.8) is 0 Å². The van der Waals surface area contributed by atoms with E-state index in [2.05, 4.69) is 52.9 Å². The highest BCUT2D eigenvalue weighted by Gasteiger charge is 2.12. The zero-order valence-electron chi connectivity index (χ0n) is 12.1. The molecule has 5 rings (SSSR count). The van der Waals surface area contributed by atoms with Gasteiger partial charge in [0.25, 0.3) is 0 Å². The van der Waals surface area contributed by atoms with E-state index in [4.69, 9.17) is 9.97 Å². The average Bonchev–Trinajstić information content (AvgIpc) is 2.95. The van der Waals surface area contributed by atoms with Crippen molar-refractivity contribution >= 4 is 38.4 Å². The molecule has 3 nitrogen and oxygen atoms in total. The third-order valence-electron chi connectivity index (χ3n) is 4.30. The average molecular weight is 283 g/mol. The van der Waals surface area contributed by atoms with Gasteiger partial charge in [-0.15, -0.1) is 0 Å². The number of imidazole rings is 1. The monoisotopic (exact) mass is 283 g/mol. The lowest BCUT2D eigenvalue weighted by atomic mass is 10.1. The molecule has 0 aliphatic carbocycles. The summed E-state index contributed by atoms with van der Waals surface area (Å²) in [5.74, 6) is 0.965. The number of hydrogen-bond donors (Lipinski definition) is 0. The van der Waals surface area contributed by atoms with Gasteiger partial charge in [0, 0.05) is 10.8 Å². The van der Waals surface area contributed by atoms with Crippen molar-refractivity contribution in [2.75, 3.05) is 0 Å². The van der Waals surface area contributed by atoms with Gasteiger partial charge in [0.15, 0.2) is 0 Å². The molecule has 0 aliphatic rings. The first-order valence-electron chi connectivity index (χ1n) is 7.38. The van der Waals surface area contributed by atoms with Crippen molar-refractivity contribution in [1.82, 2.24) is 14.4 Å². The molecule has 0 amide bonds. The number of nitrogens with zero attached hydrogens (tertiary/aromatic N) is 3. The Labute approximate surface area is 126 Å². The normalized spacial score (nSPS) is 11.9. The molecule has 0 saturated heterocycles. The molecule has 104 valence electrons. The SMILES string of the molecule is Cc1nc2c3ccccc3ccc2c2nc3ccccc3n12. The molecule has 22 heavy (non-hydrogen) atoms. The van der Waals surface area contributed by atoms with Crippen molar-refractivity contribution in [2.45, 2.75) is 6.92 Å². The second kappa shape index (κ2) is 4.04. The maximum Gasteiger partial charge on any atom is 0.148 e. The Kier molecular flexibility index (Phi) is 2.15. The van der Waals surface area contributed by atoms with Crippen molar-refractivity contribution in [3.8, 4) is 0 Å². The van der Waals surface area contributed by atoms with Gasteiger partial charge in [-0.05, 0) is 30.5 Å². The van der Waals surface area contributed by atoms with Crippen LogP contribution in [0.4, 0.5) is 0 Å². The van der Waals surface area contributed by atoms with Crippen LogP contribution in [0.2, 0.25) is 0 Å². The minimum absolute atomic E-state index is 0.965. The van der Waals surface area contributed by atoms with Crippen LogP contribution < -0.4 is 0 Å². The Balaban J connectivity index is 2.11. The molecule has 3 heteroatoms. The van der Waals surface area contributed by atoms with Gasteiger partial charge in [0.2, 0.25) is 0 Å². The lowest BCUT2D eigenvalue weighted by Gasteiger charge is -2.07. The second-order valence-corrected chi connectivity index (χ2v) is 5.60. The zero-order chi connectivity index (χ0) is 14.7. The highest BCUT2D eigenvalue weighted by molar-refractivity contribution is 6.10. The van der Waals surface area contributed by atoms with Gasteiger partial charge < -0.3 is 0 Å². The summed E-state index contributed by atoms with van der Waals surface area (Å²) in [6.07, 6.45) is 0. The maximum atomic E-state index is 4.88. The first-order valence-corrected chi connectivity index (χ1v) is 7.38. The predicted octanol–water partition coefficient (Wildman–Crippen LogP) is 4.50. The fourth-order valence-electron chi connectivity index (χ4n) is 3.30. The Bertz CT molecular complexity index is 1190. The number of benzene rings is 3. The summed E-state index contributed by atoms with van der Waals surface area (Å²) in [4.78, 5) is 9.71. The third kappa shape index (κ3) is 1.40. The van der Waals surface area contributed by atoms with E-state index in [1.165, 1.54) is 10.8 Å². The Morgan fingerprint density at radius 3 is 2.55 bits per heavy atom. The Hall–Kier alpha value is -2.94. The third-order valence-corrected chi connectivity index (χ3v) is 4.30. The molecule has 5 aromatic rings. The quantitative estimate of drug-likeness (QED) is 0.392. The van der Waals surface area contributed by atoms with Crippen molar-refractivity contribution in [1.29, 1.82) is 0 Å². The van der Waals surface area contributed by atoms with Crippen LogP contribution in [0, 0.1) is 6.92 Å². The van der Waals surface area contributed by atoms with Crippen LogP contribution in [0.3, 0.4) is 0 Å². The van der Waals surface area contributed by atoms with Gasteiger partial charge in [0.05, 0.1) is 16.6 Å². The minimum Gasteiger partial charge on any atom is -0.280 e. The van der Waals surface area contributed by atoms with Crippen molar-refractivity contribution in [3.05, 3.63) is 66.5 Å². The molecule has 3 aromatic carbocycles. The first kappa shape index (κ1) is 11.7. The van der Waals surface area contributed by atoms with E-state index in [0.717, 1.165) is 33.4 Å². The largest absolute Gasteiger partial charge is 0.280 e. The van der Waals surface area contributed by atoms with E-state index < -0.39 is 0 Å². The molecule has 0 unspecified atom stereocenters. The Morgan fingerprint density at radius 2 is 1.59 bits per heavy atom. The molecule has 0 spiro atoms. The highest BCUT2D eigenvalue weighted by atomic mass is 15.1. The Morgan fingerprint density at radius 1 is 0.773 bits per heavy atom. The van der Waals surface area contributed by atoms with Crippen molar-refractivity contribution < 1.29 is 0 Å². The van der Waals surface area contributed by atoms with Gasteiger partial charge in [0.1, 0.15) is 11.5 Å². The van der Waals surface area contributed by atoms with Crippen LogP contribution in [0.15, 0.2) is 60.7 Å². The lowest BCUT2D eigenvalue weighted by molar-refractivity contribution is 1.04. The van der Waals surface area contributed by atoms with Gasteiger partial charge in [-0.3, -0.25) is 4.40 Å².